The summed E-state index contributed by atoms with van der Waals surface area (Å²) in [4.78, 5) is 23.2. The van der Waals surface area contributed by atoms with Gasteiger partial charge in [-0.1, -0.05) is 18.2 Å². The third-order valence-electron chi connectivity index (χ3n) is 5.19. The molecule has 1 heterocycles. The summed E-state index contributed by atoms with van der Waals surface area (Å²) in [5, 5.41) is 13.6. The minimum atomic E-state index is -3.77. The van der Waals surface area contributed by atoms with E-state index in [4.69, 9.17) is 4.74 Å². The molecule has 0 atom stereocenters. The van der Waals surface area contributed by atoms with Crippen LogP contribution in [0.25, 0.3) is 0 Å². The minimum absolute atomic E-state index is 0.0682. The summed E-state index contributed by atoms with van der Waals surface area (Å²) in [7, 11) is -2.39. The Balaban J connectivity index is 1.56. The maximum absolute atomic E-state index is 13.1. The van der Waals surface area contributed by atoms with Gasteiger partial charge in [-0.25, -0.2) is 8.42 Å². The van der Waals surface area contributed by atoms with E-state index >= 15 is 0 Å². The summed E-state index contributed by atoms with van der Waals surface area (Å²) in [6.07, 6.45) is 0.640. The first-order valence-electron chi connectivity index (χ1n) is 9.66. The van der Waals surface area contributed by atoms with Crippen molar-refractivity contribution in [3.63, 3.8) is 0 Å². The van der Waals surface area contributed by atoms with Crippen molar-refractivity contribution in [1.82, 2.24) is 0 Å². The van der Waals surface area contributed by atoms with E-state index in [1.54, 1.807) is 12.1 Å². The smallest absolute Gasteiger partial charge is 0.271 e. The third-order valence-corrected chi connectivity index (χ3v) is 7.02. The number of hydrogen-bond donors (Lipinski definition) is 1. The largest absolute Gasteiger partial charge is 0.495 e. The van der Waals surface area contributed by atoms with Gasteiger partial charge in [0.2, 0.25) is 0 Å². The molecule has 3 aromatic carbocycles. The molecule has 0 aromatic heterocycles. The zero-order chi connectivity index (χ0) is 22.9. The maximum Gasteiger partial charge on any atom is 0.271 e. The first kappa shape index (κ1) is 21.3. The Hall–Kier alpha value is -3.92. The van der Waals surface area contributed by atoms with Gasteiger partial charge in [-0.2, -0.15) is 0 Å². The van der Waals surface area contributed by atoms with Crippen LogP contribution in [-0.2, 0) is 16.4 Å². The Morgan fingerprint density at radius 2 is 1.81 bits per heavy atom. The Labute approximate surface area is 184 Å². The zero-order valence-electron chi connectivity index (χ0n) is 17.0. The van der Waals surface area contributed by atoms with Gasteiger partial charge in [-0.15, -0.1) is 0 Å². The number of nitrogens with one attached hydrogen (secondary N) is 1. The number of carbonyl (C=O) groups is 1. The second-order valence-electron chi connectivity index (χ2n) is 7.08. The maximum atomic E-state index is 13.1. The van der Waals surface area contributed by atoms with Gasteiger partial charge >= 0.3 is 0 Å². The predicted molar refractivity (Wildman–Crippen MR) is 119 cm³/mol. The van der Waals surface area contributed by atoms with Crippen LogP contribution in [0.15, 0.2) is 71.6 Å². The second-order valence-corrected chi connectivity index (χ2v) is 8.94. The Bertz CT molecular complexity index is 1310. The summed E-state index contributed by atoms with van der Waals surface area (Å²) in [6, 6.07) is 16.7. The molecule has 0 aliphatic carbocycles. The number of ether oxygens (including phenoxy) is 1. The molecule has 0 saturated heterocycles. The summed E-state index contributed by atoms with van der Waals surface area (Å²) in [6.45, 7) is 0.358. The van der Waals surface area contributed by atoms with Crippen LogP contribution in [0.5, 0.6) is 5.75 Å². The number of hydrogen-bond acceptors (Lipinski definition) is 6. The van der Waals surface area contributed by atoms with Gasteiger partial charge in [-0.3, -0.25) is 19.2 Å². The van der Waals surface area contributed by atoms with Crippen molar-refractivity contribution in [2.24, 2.45) is 0 Å². The monoisotopic (exact) mass is 453 g/mol. The number of nitro benzene ring substituents is 1. The molecule has 0 spiro atoms. The zero-order valence-corrected chi connectivity index (χ0v) is 17.8. The van der Waals surface area contributed by atoms with Crippen LogP contribution < -0.4 is 14.4 Å². The molecule has 1 amide bonds. The number of sulfonamides is 1. The number of benzene rings is 3. The highest BCUT2D eigenvalue weighted by atomic mass is 32.2. The number of non-ortho nitro benzene ring substituents is 1. The molecule has 9 nitrogen and oxygen atoms in total. The van der Waals surface area contributed by atoms with E-state index in [1.807, 2.05) is 12.1 Å². The van der Waals surface area contributed by atoms with Crippen LogP contribution in [-0.4, -0.2) is 32.9 Å². The molecular formula is C22H19N3O6S. The lowest BCUT2D eigenvalue weighted by Crippen LogP contribution is -2.29. The predicted octanol–water partition coefficient (Wildman–Crippen LogP) is 3.61. The molecule has 1 aliphatic rings. The van der Waals surface area contributed by atoms with Gasteiger partial charge in [0, 0.05) is 24.2 Å². The van der Waals surface area contributed by atoms with Crippen LogP contribution in [0.2, 0.25) is 0 Å². The average Bonchev–Trinajstić information content (AvgIpc) is 3.24. The number of amides is 1. The lowest BCUT2D eigenvalue weighted by molar-refractivity contribution is -0.384. The fourth-order valence-corrected chi connectivity index (χ4v) is 5.07. The highest BCUT2D eigenvalue weighted by Gasteiger charge is 2.30. The molecule has 0 radical (unpaired) electrons. The summed E-state index contributed by atoms with van der Waals surface area (Å²) < 4.78 is 32.7. The number of carbonyl (C=O) groups excluding carboxylic acids is 1. The van der Waals surface area contributed by atoms with Crippen LogP contribution in [0, 0.1) is 10.1 Å². The van der Waals surface area contributed by atoms with E-state index in [1.165, 1.54) is 53.9 Å². The Morgan fingerprint density at radius 1 is 1.09 bits per heavy atom. The van der Waals surface area contributed by atoms with Gasteiger partial charge in [0.15, 0.2) is 0 Å². The van der Waals surface area contributed by atoms with Crippen LogP contribution in [0.4, 0.5) is 17.1 Å². The summed E-state index contributed by atoms with van der Waals surface area (Å²) in [5.74, 6) is -0.296. The molecule has 0 bridgehead atoms. The Morgan fingerprint density at radius 3 is 2.50 bits per heavy atom. The molecule has 164 valence electrons. The van der Waals surface area contributed by atoms with Gasteiger partial charge < -0.3 is 10.1 Å². The van der Waals surface area contributed by atoms with Crippen molar-refractivity contribution in [3.8, 4) is 5.75 Å². The molecular weight excluding hydrogens is 434 g/mol. The third kappa shape index (κ3) is 3.87. The number of nitro groups is 1. The van der Waals surface area contributed by atoms with Gasteiger partial charge in [0.05, 0.1) is 28.3 Å². The van der Waals surface area contributed by atoms with Crippen molar-refractivity contribution in [3.05, 3.63) is 88.0 Å². The first-order valence-corrected chi connectivity index (χ1v) is 11.1. The standard InChI is InChI=1S/C22H19N3O6S/c1-31-21-11-8-17(25(27)28)14-19(21)23-22(26)16-6-9-18(10-7-16)32(29,30)24-13-12-15-4-2-3-5-20(15)24/h2-11,14H,12-13H2,1H3,(H,23,26). The number of anilines is 2. The molecule has 0 unspecified atom stereocenters. The molecule has 0 saturated carbocycles. The summed E-state index contributed by atoms with van der Waals surface area (Å²) in [5.41, 5.74) is 1.76. The van der Waals surface area contributed by atoms with Gasteiger partial charge in [-0.05, 0) is 48.4 Å². The molecule has 1 N–H and O–H groups in total. The number of nitrogens with zero attached hydrogens (tertiary/aromatic N) is 2. The van der Waals surface area contributed by atoms with Crippen LogP contribution >= 0.6 is 0 Å². The van der Waals surface area contributed by atoms with E-state index in [0.717, 1.165) is 5.56 Å². The van der Waals surface area contributed by atoms with Crippen molar-refractivity contribution in [1.29, 1.82) is 0 Å². The molecule has 3 aromatic rings. The molecule has 4 rings (SSSR count). The molecule has 0 fully saturated rings. The van der Waals surface area contributed by atoms with Crippen LogP contribution in [0.3, 0.4) is 0 Å². The van der Waals surface area contributed by atoms with Crippen molar-refractivity contribution < 1.29 is 22.9 Å². The molecule has 10 heteroatoms. The quantitative estimate of drug-likeness (QED) is 0.450. The SMILES string of the molecule is COc1ccc([N+](=O)[O-])cc1NC(=O)c1ccc(S(=O)(=O)N2CCc3ccccc32)cc1. The highest BCUT2D eigenvalue weighted by Crippen LogP contribution is 2.33. The fraction of sp³-hybridized carbons (Fsp3) is 0.136. The van der Waals surface area contributed by atoms with Gasteiger partial charge in [0.25, 0.3) is 21.6 Å². The molecule has 32 heavy (non-hydrogen) atoms. The van der Waals surface area contributed by atoms with Gasteiger partial charge in [0.1, 0.15) is 5.75 Å². The van der Waals surface area contributed by atoms with E-state index in [0.29, 0.717) is 18.7 Å². The lowest BCUT2D eigenvalue weighted by atomic mass is 10.2. The lowest BCUT2D eigenvalue weighted by Gasteiger charge is -2.19. The van der Waals surface area contributed by atoms with E-state index in [-0.39, 0.29) is 27.6 Å². The number of methoxy groups -OCH3 is 1. The summed E-state index contributed by atoms with van der Waals surface area (Å²) >= 11 is 0. The Kier molecular flexibility index (Phi) is 5.54. The minimum Gasteiger partial charge on any atom is -0.495 e. The topological polar surface area (TPSA) is 119 Å². The van der Waals surface area contributed by atoms with E-state index < -0.39 is 20.9 Å². The van der Waals surface area contributed by atoms with Crippen LogP contribution in [0.1, 0.15) is 15.9 Å². The van der Waals surface area contributed by atoms with E-state index in [2.05, 4.69) is 5.32 Å². The fourth-order valence-electron chi connectivity index (χ4n) is 3.56. The van der Waals surface area contributed by atoms with Crippen molar-refractivity contribution in [2.75, 3.05) is 23.3 Å². The normalized spacial score (nSPS) is 12.8. The average molecular weight is 453 g/mol. The van der Waals surface area contributed by atoms with E-state index in [9.17, 15) is 23.3 Å². The highest BCUT2D eigenvalue weighted by molar-refractivity contribution is 7.92. The number of fused-ring (bicyclic) bond motifs is 1. The first-order chi connectivity index (χ1) is 15.3. The molecule has 1 aliphatic heterocycles. The van der Waals surface area contributed by atoms with Crippen molar-refractivity contribution in [2.45, 2.75) is 11.3 Å². The number of para-hydroxylation sites is 1. The van der Waals surface area contributed by atoms with Crippen molar-refractivity contribution >= 4 is 33.0 Å². The number of rotatable bonds is 6. The second kappa shape index (κ2) is 8.31.